The number of hydrogen-bond donors (Lipinski definition) is 1. The van der Waals surface area contributed by atoms with E-state index in [9.17, 15) is 0 Å². The Hall–Kier alpha value is -2.17. The van der Waals surface area contributed by atoms with E-state index in [1.54, 1.807) is 12.4 Å². The van der Waals surface area contributed by atoms with Crippen molar-refractivity contribution >= 4 is 5.82 Å². The lowest BCUT2D eigenvalue weighted by Gasteiger charge is -2.05. The normalized spacial score (nSPS) is 9.87. The van der Waals surface area contributed by atoms with E-state index in [2.05, 4.69) is 15.0 Å². The summed E-state index contributed by atoms with van der Waals surface area (Å²) in [4.78, 5) is 11.8. The summed E-state index contributed by atoms with van der Waals surface area (Å²) in [6.07, 6.45) is 6.49. The minimum atomic E-state index is 0.293. The molecule has 2 rings (SSSR count). The van der Waals surface area contributed by atoms with Crippen LogP contribution in [0.3, 0.4) is 0 Å². The van der Waals surface area contributed by atoms with Gasteiger partial charge in [-0.3, -0.25) is 4.98 Å². The molecule has 0 unspecified atom stereocenters. The third-order valence-corrected chi connectivity index (χ3v) is 1.79. The first-order valence-corrected chi connectivity index (χ1v) is 4.44. The van der Waals surface area contributed by atoms with Gasteiger partial charge in [0.05, 0.1) is 0 Å². The largest absolute Gasteiger partial charge is 0.470 e. The maximum atomic E-state index is 5.57. The molecule has 0 saturated carbocycles. The molecule has 0 aliphatic heterocycles. The summed E-state index contributed by atoms with van der Waals surface area (Å²) in [5, 5.41) is 0. The van der Waals surface area contributed by atoms with Gasteiger partial charge in [-0.1, -0.05) is 6.07 Å². The molecule has 0 fully saturated rings. The van der Waals surface area contributed by atoms with E-state index >= 15 is 0 Å². The Balaban J connectivity index is 2.03. The average Bonchev–Trinajstić information content (AvgIpc) is 2.29. The van der Waals surface area contributed by atoms with Gasteiger partial charge >= 0.3 is 0 Å². The third-order valence-electron chi connectivity index (χ3n) is 1.79. The molecule has 0 saturated heterocycles. The molecule has 15 heavy (non-hydrogen) atoms. The summed E-state index contributed by atoms with van der Waals surface area (Å²) >= 11 is 0. The first kappa shape index (κ1) is 9.39. The summed E-state index contributed by atoms with van der Waals surface area (Å²) in [5.74, 6) is 0.641. The summed E-state index contributed by atoms with van der Waals surface area (Å²) in [7, 11) is 0. The van der Waals surface area contributed by atoms with Crippen molar-refractivity contribution in [2.24, 2.45) is 0 Å². The Bertz CT molecular complexity index is 432. The van der Waals surface area contributed by atoms with Crippen molar-refractivity contribution in [2.75, 3.05) is 5.73 Å². The van der Waals surface area contributed by atoms with E-state index in [-0.39, 0.29) is 0 Å². The molecular weight excluding hydrogens is 192 g/mol. The number of aromatic nitrogens is 3. The van der Waals surface area contributed by atoms with Crippen LogP contribution in [0.4, 0.5) is 5.82 Å². The van der Waals surface area contributed by atoms with Gasteiger partial charge in [-0.15, -0.1) is 0 Å². The number of rotatable bonds is 3. The molecule has 0 aliphatic rings. The zero-order chi connectivity index (χ0) is 10.5. The van der Waals surface area contributed by atoms with Crippen molar-refractivity contribution in [3.63, 3.8) is 0 Å². The van der Waals surface area contributed by atoms with Crippen LogP contribution in [0, 0.1) is 0 Å². The van der Waals surface area contributed by atoms with Gasteiger partial charge in [0.2, 0.25) is 0 Å². The highest BCUT2D eigenvalue weighted by atomic mass is 16.5. The van der Waals surface area contributed by atoms with E-state index in [0.29, 0.717) is 18.3 Å². The van der Waals surface area contributed by atoms with Crippen LogP contribution in [-0.4, -0.2) is 15.0 Å². The van der Waals surface area contributed by atoms with Crippen LogP contribution in [0.2, 0.25) is 0 Å². The Morgan fingerprint density at radius 2 is 2.07 bits per heavy atom. The first-order chi connectivity index (χ1) is 7.36. The van der Waals surface area contributed by atoms with E-state index < -0.39 is 0 Å². The van der Waals surface area contributed by atoms with Gasteiger partial charge in [0.1, 0.15) is 6.61 Å². The Kier molecular flexibility index (Phi) is 2.73. The SMILES string of the molecule is Nc1nccnc1OCc1cccnc1. The van der Waals surface area contributed by atoms with Crippen LogP contribution in [0.1, 0.15) is 5.56 Å². The number of ether oxygens (including phenoxy) is 1. The van der Waals surface area contributed by atoms with Gasteiger partial charge in [-0.25, -0.2) is 9.97 Å². The van der Waals surface area contributed by atoms with Gasteiger partial charge in [0, 0.05) is 30.4 Å². The summed E-state index contributed by atoms with van der Waals surface area (Å²) in [6.45, 7) is 0.386. The quantitative estimate of drug-likeness (QED) is 0.804. The Morgan fingerprint density at radius 3 is 2.80 bits per heavy atom. The zero-order valence-corrected chi connectivity index (χ0v) is 8.00. The van der Waals surface area contributed by atoms with E-state index in [1.807, 2.05) is 12.1 Å². The topological polar surface area (TPSA) is 73.9 Å². The molecule has 0 aliphatic carbocycles. The molecule has 76 valence electrons. The van der Waals surface area contributed by atoms with Crippen LogP contribution < -0.4 is 10.5 Å². The highest BCUT2D eigenvalue weighted by Gasteiger charge is 2.01. The summed E-state index contributed by atoms with van der Waals surface area (Å²) in [6, 6.07) is 3.76. The Labute approximate surface area is 87.0 Å². The maximum absolute atomic E-state index is 5.57. The predicted octanol–water partition coefficient (Wildman–Crippen LogP) is 1.03. The van der Waals surface area contributed by atoms with E-state index in [1.165, 1.54) is 12.4 Å². The first-order valence-electron chi connectivity index (χ1n) is 4.44. The van der Waals surface area contributed by atoms with E-state index in [4.69, 9.17) is 10.5 Å². The molecule has 2 aromatic rings. The molecule has 2 heterocycles. The van der Waals surface area contributed by atoms with Crippen LogP contribution >= 0.6 is 0 Å². The lowest BCUT2D eigenvalue weighted by molar-refractivity contribution is 0.294. The standard InChI is InChI=1S/C10H10N4O/c11-9-10(14-5-4-13-9)15-7-8-2-1-3-12-6-8/h1-6H,7H2,(H2,11,13). The Morgan fingerprint density at radius 1 is 1.20 bits per heavy atom. The van der Waals surface area contributed by atoms with Crippen LogP contribution in [-0.2, 0) is 6.61 Å². The molecule has 0 atom stereocenters. The average molecular weight is 202 g/mol. The second-order valence-corrected chi connectivity index (χ2v) is 2.90. The maximum Gasteiger partial charge on any atom is 0.257 e. The van der Waals surface area contributed by atoms with Crippen LogP contribution in [0.5, 0.6) is 5.88 Å². The number of anilines is 1. The van der Waals surface area contributed by atoms with Gasteiger partial charge in [0.15, 0.2) is 5.82 Å². The van der Waals surface area contributed by atoms with Gasteiger partial charge in [0.25, 0.3) is 5.88 Å². The van der Waals surface area contributed by atoms with Crippen molar-refractivity contribution in [3.05, 3.63) is 42.5 Å². The van der Waals surface area contributed by atoms with Crippen molar-refractivity contribution in [1.82, 2.24) is 15.0 Å². The fraction of sp³-hybridized carbons (Fsp3) is 0.100. The lowest BCUT2D eigenvalue weighted by atomic mass is 10.3. The predicted molar refractivity (Wildman–Crippen MR) is 55.0 cm³/mol. The van der Waals surface area contributed by atoms with Crippen LogP contribution in [0.15, 0.2) is 36.9 Å². The molecule has 0 bridgehead atoms. The molecular formula is C10H10N4O. The molecule has 2 aromatic heterocycles. The third kappa shape index (κ3) is 2.40. The van der Waals surface area contributed by atoms with Crippen molar-refractivity contribution < 1.29 is 4.74 Å². The second kappa shape index (κ2) is 4.36. The van der Waals surface area contributed by atoms with Gasteiger partial charge in [-0.2, -0.15) is 0 Å². The highest BCUT2D eigenvalue weighted by Crippen LogP contribution is 2.14. The fourth-order valence-electron chi connectivity index (χ4n) is 1.08. The number of nitrogens with two attached hydrogens (primary N) is 1. The monoisotopic (exact) mass is 202 g/mol. The van der Waals surface area contributed by atoms with Crippen molar-refractivity contribution in [3.8, 4) is 5.88 Å². The van der Waals surface area contributed by atoms with Crippen molar-refractivity contribution in [1.29, 1.82) is 0 Å². The number of hydrogen-bond acceptors (Lipinski definition) is 5. The number of nitrogens with zero attached hydrogens (tertiary/aromatic N) is 3. The molecule has 0 amide bonds. The second-order valence-electron chi connectivity index (χ2n) is 2.90. The van der Waals surface area contributed by atoms with Gasteiger partial charge < -0.3 is 10.5 Å². The smallest absolute Gasteiger partial charge is 0.257 e. The molecule has 0 aromatic carbocycles. The zero-order valence-electron chi connectivity index (χ0n) is 8.00. The minimum absolute atomic E-state index is 0.293. The summed E-state index contributed by atoms with van der Waals surface area (Å²) in [5.41, 5.74) is 6.53. The lowest BCUT2D eigenvalue weighted by Crippen LogP contribution is -2.02. The number of pyridine rings is 1. The highest BCUT2D eigenvalue weighted by molar-refractivity contribution is 5.38. The molecule has 0 spiro atoms. The molecule has 5 nitrogen and oxygen atoms in total. The fourth-order valence-corrected chi connectivity index (χ4v) is 1.08. The van der Waals surface area contributed by atoms with Crippen molar-refractivity contribution in [2.45, 2.75) is 6.61 Å². The minimum Gasteiger partial charge on any atom is -0.470 e. The summed E-state index contributed by atoms with van der Waals surface area (Å²) < 4.78 is 5.38. The molecule has 2 N–H and O–H groups in total. The molecule has 0 radical (unpaired) electrons. The van der Waals surface area contributed by atoms with E-state index in [0.717, 1.165) is 5.56 Å². The molecule has 5 heteroatoms. The number of nitrogen functional groups attached to an aromatic ring is 1. The van der Waals surface area contributed by atoms with Crippen LogP contribution in [0.25, 0.3) is 0 Å². The van der Waals surface area contributed by atoms with Gasteiger partial charge in [-0.05, 0) is 6.07 Å².